The Bertz CT molecular complexity index is 1370. The number of nitrogens with zero attached hydrogens (tertiary/aromatic N) is 6. The number of benzene rings is 2. The maximum atomic E-state index is 9.74. The minimum atomic E-state index is 0.462. The smallest absolute Gasteiger partial charge is 0.158 e. The first-order valence-electron chi connectivity index (χ1n) is 17.3. The Morgan fingerprint density at radius 2 is 1.40 bits per heavy atom. The lowest BCUT2D eigenvalue weighted by atomic mass is 9.95. The van der Waals surface area contributed by atoms with Crippen LogP contribution in [0.1, 0.15) is 116 Å². The average Bonchev–Trinajstić information content (AvgIpc) is 3.47. The molecule has 0 aliphatic carbocycles. The lowest BCUT2D eigenvalue weighted by Gasteiger charge is -2.33. The normalized spacial score (nSPS) is 13.0. The summed E-state index contributed by atoms with van der Waals surface area (Å²) < 4.78 is 0. The van der Waals surface area contributed by atoms with E-state index in [1.165, 1.54) is 86.8 Å². The van der Waals surface area contributed by atoms with Crippen LogP contribution in [0.4, 0.5) is 27.1 Å². The third-order valence-electron chi connectivity index (χ3n) is 8.68. The number of anilines is 1. The summed E-state index contributed by atoms with van der Waals surface area (Å²) in [5.41, 5.74) is 5.74. The van der Waals surface area contributed by atoms with Gasteiger partial charge in [-0.15, -0.1) is 20.5 Å². The van der Waals surface area contributed by atoms with Gasteiger partial charge in [0.2, 0.25) is 0 Å². The van der Waals surface area contributed by atoms with Crippen molar-refractivity contribution in [2.45, 2.75) is 112 Å². The quantitative estimate of drug-likeness (QED) is 0.117. The first-order valence-corrected chi connectivity index (χ1v) is 18.1. The molecule has 0 spiro atoms. The molecule has 0 fully saturated rings. The van der Waals surface area contributed by atoms with Crippen molar-refractivity contribution < 1.29 is 0 Å². The van der Waals surface area contributed by atoms with Crippen LogP contribution in [-0.4, -0.2) is 13.1 Å². The number of hydrogen-bond donors (Lipinski definition) is 0. The van der Waals surface area contributed by atoms with Gasteiger partial charge in [0.05, 0.1) is 16.9 Å². The number of aryl methyl sites for hydroxylation is 2. The molecule has 7 heteroatoms. The van der Waals surface area contributed by atoms with E-state index in [-0.39, 0.29) is 0 Å². The highest BCUT2D eigenvalue weighted by Gasteiger charge is 2.18. The van der Waals surface area contributed by atoms with Crippen LogP contribution < -0.4 is 4.90 Å². The summed E-state index contributed by atoms with van der Waals surface area (Å²) in [5, 5.41) is 28.8. The molecule has 0 saturated carbocycles. The monoisotopic (exact) mass is 626 g/mol. The molecule has 6 nitrogen and oxygen atoms in total. The van der Waals surface area contributed by atoms with Crippen molar-refractivity contribution in [2.75, 3.05) is 18.0 Å². The maximum Gasteiger partial charge on any atom is 0.158 e. The Morgan fingerprint density at radius 1 is 0.756 bits per heavy atom. The highest BCUT2D eigenvalue weighted by atomic mass is 32.1. The van der Waals surface area contributed by atoms with Crippen molar-refractivity contribution in [1.82, 2.24) is 0 Å². The fourth-order valence-electron chi connectivity index (χ4n) is 5.58. The minimum Gasteiger partial charge on any atom is -0.371 e. The molecule has 2 aromatic carbocycles. The zero-order chi connectivity index (χ0) is 32.4. The van der Waals surface area contributed by atoms with Gasteiger partial charge < -0.3 is 4.90 Å². The van der Waals surface area contributed by atoms with Crippen LogP contribution in [0.2, 0.25) is 0 Å². The second-order valence-electron chi connectivity index (χ2n) is 12.3. The summed E-state index contributed by atoms with van der Waals surface area (Å²) in [6, 6.07) is 18.7. The molecule has 3 rings (SSSR count). The molecular weight excluding hydrogens is 573 g/mol. The van der Waals surface area contributed by atoms with Crippen LogP contribution in [0, 0.1) is 30.1 Å². The molecule has 0 amide bonds. The summed E-state index contributed by atoms with van der Waals surface area (Å²) in [5.74, 6) is 1.40. The van der Waals surface area contributed by atoms with E-state index in [1.54, 1.807) is 6.07 Å². The fourth-order valence-corrected chi connectivity index (χ4v) is 6.33. The summed E-state index contributed by atoms with van der Waals surface area (Å²) in [7, 11) is 0. The number of thiophene rings is 1. The number of rotatable bonds is 20. The molecule has 0 bridgehead atoms. The first-order chi connectivity index (χ1) is 21.9. The molecular formula is C38H54N6S. The highest BCUT2D eigenvalue weighted by Crippen LogP contribution is 2.38. The summed E-state index contributed by atoms with van der Waals surface area (Å²) in [6.07, 6.45) is 13.5. The van der Waals surface area contributed by atoms with Gasteiger partial charge in [0.25, 0.3) is 0 Å². The third kappa shape index (κ3) is 11.8. The van der Waals surface area contributed by atoms with E-state index in [2.05, 4.69) is 103 Å². The van der Waals surface area contributed by atoms with Crippen molar-refractivity contribution in [3.63, 3.8) is 0 Å². The second kappa shape index (κ2) is 19.9. The van der Waals surface area contributed by atoms with Crippen molar-refractivity contribution in [3.05, 3.63) is 65.2 Å². The predicted octanol–water partition coefficient (Wildman–Crippen LogP) is 13.3. The van der Waals surface area contributed by atoms with Gasteiger partial charge >= 0.3 is 0 Å². The Balaban J connectivity index is 1.77. The van der Waals surface area contributed by atoms with E-state index in [0.717, 1.165) is 36.4 Å². The Hall–Kier alpha value is -3.37. The van der Waals surface area contributed by atoms with Gasteiger partial charge in [-0.05, 0) is 92.0 Å². The summed E-state index contributed by atoms with van der Waals surface area (Å²) >= 11 is 1.33. The van der Waals surface area contributed by atoms with E-state index in [4.69, 9.17) is 0 Å². The van der Waals surface area contributed by atoms with Crippen molar-refractivity contribution in [2.24, 2.45) is 32.3 Å². The van der Waals surface area contributed by atoms with Crippen LogP contribution in [0.25, 0.3) is 0 Å². The van der Waals surface area contributed by atoms with Gasteiger partial charge in [0.1, 0.15) is 11.1 Å². The van der Waals surface area contributed by atoms with Gasteiger partial charge in [0, 0.05) is 18.8 Å². The molecule has 2 unspecified atom stereocenters. The average molecular weight is 627 g/mol. The Morgan fingerprint density at radius 3 is 1.96 bits per heavy atom. The zero-order valence-electron chi connectivity index (χ0n) is 28.6. The van der Waals surface area contributed by atoms with Crippen LogP contribution in [0.15, 0.2) is 69.0 Å². The Kier molecular flexibility index (Phi) is 16.0. The summed E-state index contributed by atoms with van der Waals surface area (Å²) in [4.78, 5) is 2.63. The molecule has 1 aromatic heterocycles. The lowest BCUT2D eigenvalue weighted by Crippen LogP contribution is -2.34. The SMILES string of the molecule is CCCCc1ccc(N=Nc2cc(C#N)c(/N=N/c3ccc(N(CC(CC)CCCC)CC(CC)CCCC)cc3C)s2)cc1. The van der Waals surface area contributed by atoms with E-state index in [0.29, 0.717) is 27.4 Å². The predicted molar refractivity (Wildman–Crippen MR) is 192 cm³/mol. The number of unbranched alkanes of at least 4 members (excludes halogenated alkanes) is 3. The van der Waals surface area contributed by atoms with Crippen molar-refractivity contribution in [1.29, 1.82) is 5.26 Å². The Labute approximate surface area is 276 Å². The zero-order valence-corrected chi connectivity index (χ0v) is 29.4. The minimum absolute atomic E-state index is 0.462. The van der Waals surface area contributed by atoms with Crippen molar-refractivity contribution >= 4 is 38.4 Å². The van der Waals surface area contributed by atoms with Gasteiger partial charge in [-0.3, -0.25) is 0 Å². The summed E-state index contributed by atoms with van der Waals surface area (Å²) in [6.45, 7) is 15.7. The third-order valence-corrected chi connectivity index (χ3v) is 9.58. The lowest BCUT2D eigenvalue weighted by molar-refractivity contribution is 0.403. The number of hydrogen-bond acceptors (Lipinski definition) is 7. The fraction of sp³-hybridized carbons (Fsp3) is 0.553. The molecule has 45 heavy (non-hydrogen) atoms. The molecule has 0 saturated heterocycles. The topological polar surface area (TPSA) is 76.5 Å². The standard InChI is InChI=1S/C38H54N6S/c1-7-12-15-30(10-4)27-44(28-31(11-5)16-13-8-2)35-22-23-36(29(6)24-35)41-43-38-33(26-39)25-37(45-38)42-40-34-20-18-32(19-21-34)17-14-9-3/h18-25,30-31H,7-17,27-28H2,1-6H3/b42-40?,43-41+. The van der Waals surface area contributed by atoms with Gasteiger partial charge in [-0.25, -0.2) is 0 Å². The second-order valence-corrected chi connectivity index (χ2v) is 13.3. The molecule has 2 atom stereocenters. The van der Waals surface area contributed by atoms with Gasteiger partial charge in [0.15, 0.2) is 5.00 Å². The molecule has 0 radical (unpaired) electrons. The maximum absolute atomic E-state index is 9.74. The van der Waals surface area contributed by atoms with Crippen LogP contribution in [0.3, 0.4) is 0 Å². The molecule has 0 aliphatic heterocycles. The van der Waals surface area contributed by atoms with Crippen LogP contribution >= 0.6 is 11.3 Å². The van der Waals surface area contributed by atoms with Gasteiger partial charge in [-0.2, -0.15) is 5.26 Å². The highest BCUT2D eigenvalue weighted by molar-refractivity contribution is 7.19. The molecule has 242 valence electrons. The molecule has 1 heterocycles. The van der Waals surface area contributed by atoms with Crippen LogP contribution in [-0.2, 0) is 6.42 Å². The number of nitriles is 1. The molecule has 3 aromatic rings. The van der Waals surface area contributed by atoms with Crippen LogP contribution in [0.5, 0.6) is 0 Å². The first kappa shape index (κ1) is 36.1. The van der Waals surface area contributed by atoms with E-state index in [1.807, 2.05) is 12.1 Å². The van der Waals surface area contributed by atoms with E-state index in [9.17, 15) is 5.26 Å². The van der Waals surface area contributed by atoms with Crippen molar-refractivity contribution in [3.8, 4) is 6.07 Å². The number of azo groups is 2. The van der Waals surface area contributed by atoms with Gasteiger partial charge in [-0.1, -0.05) is 103 Å². The molecule has 0 N–H and O–H groups in total. The van der Waals surface area contributed by atoms with E-state index >= 15 is 0 Å². The largest absolute Gasteiger partial charge is 0.371 e. The van der Waals surface area contributed by atoms with E-state index < -0.39 is 0 Å². The molecule has 0 aliphatic rings.